The number of aryl methyl sites for hydroxylation is 2. The molecule has 0 bridgehead atoms. The minimum absolute atomic E-state index is 1.08. The summed E-state index contributed by atoms with van der Waals surface area (Å²) in [5.74, 6) is 0. The fraction of sp³-hybridized carbons (Fsp3) is 0.0952. The molecule has 0 atom stereocenters. The first-order valence-electron chi connectivity index (χ1n) is 7.59. The molecule has 0 aliphatic heterocycles. The van der Waals surface area contributed by atoms with Crippen LogP contribution in [0.5, 0.6) is 0 Å². The minimum atomic E-state index is 1.08. The van der Waals surface area contributed by atoms with Gasteiger partial charge in [0.1, 0.15) is 0 Å². The first-order chi connectivity index (χ1) is 10.8. The second kappa shape index (κ2) is 4.96. The number of rotatable bonds is 1. The summed E-state index contributed by atoms with van der Waals surface area (Å²) in [5, 5.41) is 3.68. The first-order valence-corrected chi connectivity index (χ1v) is 7.59. The highest BCUT2D eigenvalue weighted by Crippen LogP contribution is 2.36. The van der Waals surface area contributed by atoms with Gasteiger partial charge < -0.3 is 0 Å². The molecule has 0 aliphatic rings. The van der Waals surface area contributed by atoms with E-state index >= 15 is 0 Å². The van der Waals surface area contributed by atoms with Crippen LogP contribution < -0.4 is 0 Å². The highest BCUT2D eigenvalue weighted by molar-refractivity contribution is 6.12. The molecule has 0 fully saturated rings. The number of fused-ring (bicyclic) bond motifs is 3. The van der Waals surface area contributed by atoms with Gasteiger partial charge in [-0.05, 0) is 47.6 Å². The monoisotopic (exact) mass is 283 g/mol. The van der Waals surface area contributed by atoms with Crippen LogP contribution in [-0.4, -0.2) is 4.98 Å². The highest BCUT2D eigenvalue weighted by atomic mass is 14.6. The molecule has 106 valence electrons. The smallest absolute Gasteiger partial charge is 0.0786 e. The maximum absolute atomic E-state index is 4.65. The molecule has 0 saturated heterocycles. The predicted molar refractivity (Wildman–Crippen MR) is 94.2 cm³/mol. The van der Waals surface area contributed by atoms with E-state index in [-0.39, 0.29) is 0 Å². The number of hydrogen-bond acceptors (Lipinski definition) is 1. The molecule has 3 aromatic carbocycles. The molecule has 22 heavy (non-hydrogen) atoms. The van der Waals surface area contributed by atoms with E-state index in [9.17, 15) is 0 Å². The van der Waals surface area contributed by atoms with Crippen LogP contribution in [0.25, 0.3) is 32.8 Å². The Kier molecular flexibility index (Phi) is 2.93. The van der Waals surface area contributed by atoms with Crippen LogP contribution in [0.3, 0.4) is 0 Å². The van der Waals surface area contributed by atoms with Gasteiger partial charge in [0.15, 0.2) is 0 Å². The van der Waals surface area contributed by atoms with E-state index in [1.807, 2.05) is 12.3 Å². The van der Waals surface area contributed by atoms with E-state index in [4.69, 9.17) is 0 Å². The standard InChI is InChI=1S/C21H17N/c1-14-6-3-7-15(2)19(14)18-10-4-8-16-11-12-17-9-5-13-22-21(17)20(16)18/h3-13H,1-2H3. The third-order valence-corrected chi connectivity index (χ3v) is 4.37. The molecular weight excluding hydrogens is 266 g/mol. The molecule has 0 amide bonds. The topological polar surface area (TPSA) is 12.9 Å². The number of nitrogens with zero attached hydrogens (tertiary/aromatic N) is 1. The van der Waals surface area contributed by atoms with Crippen molar-refractivity contribution in [3.8, 4) is 11.1 Å². The molecular formula is C21H17N. The maximum atomic E-state index is 4.65. The van der Waals surface area contributed by atoms with Crippen molar-refractivity contribution in [1.29, 1.82) is 0 Å². The zero-order valence-corrected chi connectivity index (χ0v) is 12.8. The van der Waals surface area contributed by atoms with Crippen molar-refractivity contribution in [1.82, 2.24) is 4.98 Å². The lowest BCUT2D eigenvalue weighted by Gasteiger charge is -2.14. The molecule has 0 spiro atoms. The summed E-state index contributed by atoms with van der Waals surface area (Å²) in [5.41, 5.74) is 6.29. The Balaban J connectivity index is 2.21. The van der Waals surface area contributed by atoms with Crippen LogP contribution in [-0.2, 0) is 0 Å². The number of aromatic nitrogens is 1. The van der Waals surface area contributed by atoms with E-state index in [2.05, 4.69) is 73.4 Å². The van der Waals surface area contributed by atoms with E-state index < -0.39 is 0 Å². The van der Waals surface area contributed by atoms with Gasteiger partial charge in [-0.2, -0.15) is 0 Å². The second-order valence-electron chi connectivity index (χ2n) is 5.81. The van der Waals surface area contributed by atoms with Gasteiger partial charge in [0, 0.05) is 17.0 Å². The van der Waals surface area contributed by atoms with Gasteiger partial charge in [-0.15, -0.1) is 0 Å². The number of benzene rings is 3. The van der Waals surface area contributed by atoms with E-state index in [0.29, 0.717) is 0 Å². The predicted octanol–water partition coefficient (Wildman–Crippen LogP) is 5.67. The molecule has 1 nitrogen and oxygen atoms in total. The van der Waals surface area contributed by atoms with Crippen molar-refractivity contribution in [2.24, 2.45) is 0 Å². The van der Waals surface area contributed by atoms with E-state index in [1.54, 1.807) is 0 Å². The van der Waals surface area contributed by atoms with E-state index in [0.717, 1.165) is 5.52 Å². The summed E-state index contributed by atoms with van der Waals surface area (Å²) in [6.45, 7) is 4.36. The van der Waals surface area contributed by atoms with Crippen LogP contribution in [0.4, 0.5) is 0 Å². The lowest BCUT2D eigenvalue weighted by molar-refractivity contribution is 1.38. The Morgan fingerprint density at radius 2 is 1.36 bits per heavy atom. The van der Waals surface area contributed by atoms with Crippen molar-refractivity contribution in [2.75, 3.05) is 0 Å². The highest BCUT2D eigenvalue weighted by Gasteiger charge is 2.11. The third-order valence-electron chi connectivity index (χ3n) is 4.37. The Bertz CT molecular complexity index is 979. The fourth-order valence-electron chi connectivity index (χ4n) is 3.36. The largest absolute Gasteiger partial charge is 0.256 e. The lowest BCUT2D eigenvalue weighted by Crippen LogP contribution is -1.91. The van der Waals surface area contributed by atoms with Crippen LogP contribution in [0, 0.1) is 13.8 Å². The van der Waals surface area contributed by atoms with Crippen LogP contribution in [0.2, 0.25) is 0 Å². The molecule has 1 aromatic heterocycles. The van der Waals surface area contributed by atoms with Gasteiger partial charge in [0.2, 0.25) is 0 Å². The first kappa shape index (κ1) is 13.0. The molecule has 0 unspecified atom stereocenters. The summed E-state index contributed by atoms with van der Waals surface area (Å²) < 4.78 is 0. The Morgan fingerprint density at radius 1 is 0.682 bits per heavy atom. The fourth-order valence-corrected chi connectivity index (χ4v) is 3.36. The summed E-state index contributed by atoms with van der Waals surface area (Å²) >= 11 is 0. The van der Waals surface area contributed by atoms with Crippen molar-refractivity contribution >= 4 is 21.7 Å². The zero-order valence-electron chi connectivity index (χ0n) is 12.8. The summed E-state index contributed by atoms with van der Waals surface area (Å²) in [6.07, 6.45) is 1.88. The quantitative estimate of drug-likeness (QED) is 0.410. The Labute approximate surface area is 130 Å². The van der Waals surface area contributed by atoms with Gasteiger partial charge in [-0.3, -0.25) is 4.98 Å². The molecule has 0 N–H and O–H groups in total. The molecule has 0 aliphatic carbocycles. The van der Waals surface area contributed by atoms with Crippen LogP contribution >= 0.6 is 0 Å². The van der Waals surface area contributed by atoms with E-state index in [1.165, 1.54) is 38.4 Å². The van der Waals surface area contributed by atoms with Crippen LogP contribution in [0.1, 0.15) is 11.1 Å². The molecule has 4 aromatic rings. The Hall–Kier alpha value is -2.67. The summed E-state index contributed by atoms with van der Waals surface area (Å²) in [4.78, 5) is 4.65. The van der Waals surface area contributed by atoms with Crippen molar-refractivity contribution in [2.45, 2.75) is 13.8 Å². The van der Waals surface area contributed by atoms with Gasteiger partial charge in [0.05, 0.1) is 5.52 Å². The second-order valence-corrected chi connectivity index (χ2v) is 5.81. The van der Waals surface area contributed by atoms with Gasteiger partial charge in [0.25, 0.3) is 0 Å². The molecule has 1 heteroatoms. The van der Waals surface area contributed by atoms with Gasteiger partial charge in [-0.25, -0.2) is 0 Å². The van der Waals surface area contributed by atoms with Crippen molar-refractivity contribution in [3.63, 3.8) is 0 Å². The average molecular weight is 283 g/mol. The third kappa shape index (κ3) is 1.90. The van der Waals surface area contributed by atoms with Gasteiger partial charge >= 0.3 is 0 Å². The maximum Gasteiger partial charge on any atom is 0.0786 e. The lowest BCUT2D eigenvalue weighted by atomic mass is 9.91. The number of pyridine rings is 1. The Morgan fingerprint density at radius 3 is 2.18 bits per heavy atom. The molecule has 4 rings (SSSR count). The van der Waals surface area contributed by atoms with Crippen LogP contribution in [0.15, 0.2) is 66.9 Å². The molecule has 0 saturated carbocycles. The number of hydrogen-bond donors (Lipinski definition) is 0. The SMILES string of the molecule is Cc1cccc(C)c1-c1cccc2ccc3cccnc3c12. The average Bonchev–Trinajstić information content (AvgIpc) is 2.54. The van der Waals surface area contributed by atoms with Crippen molar-refractivity contribution in [3.05, 3.63) is 78.0 Å². The molecule has 1 heterocycles. The summed E-state index contributed by atoms with van der Waals surface area (Å²) in [6, 6.07) is 21.5. The minimum Gasteiger partial charge on any atom is -0.256 e. The van der Waals surface area contributed by atoms with Gasteiger partial charge in [-0.1, -0.05) is 54.6 Å². The zero-order chi connectivity index (χ0) is 15.1. The van der Waals surface area contributed by atoms with Crippen molar-refractivity contribution < 1.29 is 0 Å². The summed E-state index contributed by atoms with van der Waals surface area (Å²) in [7, 11) is 0. The molecule has 0 radical (unpaired) electrons. The normalized spacial score (nSPS) is 11.2.